The number of aromatic amines is 1. The van der Waals surface area contributed by atoms with Gasteiger partial charge in [0.25, 0.3) is 5.91 Å². The quantitative estimate of drug-likeness (QED) is 0.673. The van der Waals surface area contributed by atoms with E-state index in [1.54, 1.807) is 12.4 Å². The number of nitrogens with one attached hydrogen (secondary N) is 2. The highest BCUT2D eigenvalue weighted by molar-refractivity contribution is 5.96. The number of carbonyl (C=O) groups excluding carboxylic acids is 1. The Balaban J connectivity index is 1.88. The van der Waals surface area contributed by atoms with Crippen LogP contribution in [0.25, 0.3) is 0 Å². The lowest BCUT2D eigenvalue weighted by Crippen LogP contribution is -2.27. The summed E-state index contributed by atoms with van der Waals surface area (Å²) in [4.78, 5) is 26.3. The Bertz CT molecular complexity index is 495. The monoisotopic (exact) mass is 232 g/mol. The van der Waals surface area contributed by atoms with E-state index >= 15 is 0 Å². The van der Waals surface area contributed by atoms with Crippen LogP contribution < -0.4 is 11.1 Å². The van der Waals surface area contributed by atoms with Crippen LogP contribution in [0.5, 0.6) is 0 Å². The third kappa shape index (κ3) is 2.77. The number of carbonyl (C=O) groups is 1. The molecule has 0 saturated carbocycles. The molecule has 2 aromatic heterocycles. The molecule has 17 heavy (non-hydrogen) atoms. The number of hydrogen-bond donors (Lipinski definition) is 3. The molecule has 0 aromatic carbocycles. The van der Waals surface area contributed by atoms with E-state index < -0.39 is 0 Å². The van der Waals surface area contributed by atoms with E-state index in [0.29, 0.717) is 13.0 Å². The van der Waals surface area contributed by atoms with Crippen LogP contribution in [0.2, 0.25) is 0 Å². The summed E-state index contributed by atoms with van der Waals surface area (Å²) in [6.45, 7) is 0.461. The Morgan fingerprint density at radius 3 is 2.82 bits per heavy atom. The van der Waals surface area contributed by atoms with E-state index in [1.165, 1.54) is 12.4 Å². The van der Waals surface area contributed by atoms with Crippen molar-refractivity contribution in [3.63, 3.8) is 0 Å². The first kappa shape index (κ1) is 11.1. The maximum atomic E-state index is 11.7. The minimum atomic E-state index is -0.331. The Hall–Kier alpha value is -2.44. The predicted molar refractivity (Wildman–Crippen MR) is 61.1 cm³/mol. The minimum Gasteiger partial charge on any atom is -0.382 e. The highest BCUT2D eigenvalue weighted by Gasteiger charge is 2.10. The van der Waals surface area contributed by atoms with E-state index in [4.69, 9.17) is 5.73 Å². The summed E-state index contributed by atoms with van der Waals surface area (Å²) in [7, 11) is 0. The van der Waals surface area contributed by atoms with Crippen molar-refractivity contribution < 1.29 is 4.79 Å². The summed E-state index contributed by atoms with van der Waals surface area (Å²) in [5.41, 5.74) is 5.68. The number of amides is 1. The van der Waals surface area contributed by atoms with Gasteiger partial charge in [-0.1, -0.05) is 0 Å². The van der Waals surface area contributed by atoms with Crippen LogP contribution in [-0.2, 0) is 6.42 Å². The molecule has 0 fully saturated rings. The number of nitrogen functional groups attached to an aromatic ring is 1. The Morgan fingerprint density at radius 2 is 2.12 bits per heavy atom. The number of H-pyrrole nitrogens is 1. The zero-order valence-electron chi connectivity index (χ0n) is 9.05. The van der Waals surface area contributed by atoms with Crippen molar-refractivity contribution >= 4 is 11.7 Å². The molecule has 0 unspecified atom stereocenters. The van der Waals surface area contributed by atoms with E-state index in [2.05, 4.69) is 25.3 Å². The molecule has 88 valence electrons. The summed E-state index contributed by atoms with van der Waals surface area (Å²) in [5.74, 6) is 0.613. The maximum Gasteiger partial charge on any atom is 0.273 e. The highest BCUT2D eigenvalue weighted by atomic mass is 16.1. The molecule has 0 atom stereocenters. The van der Waals surface area contributed by atoms with Crippen LogP contribution >= 0.6 is 0 Å². The summed E-state index contributed by atoms with van der Waals surface area (Å²) >= 11 is 0. The molecule has 0 bridgehead atoms. The molecule has 0 spiro atoms. The molecule has 2 heterocycles. The van der Waals surface area contributed by atoms with Gasteiger partial charge in [0.15, 0.2) is 11.5 Å². The van der Waals surface area contributed by atoms with Crippen LogP contribution in [0.3, 0.4) is 0 Å². The van der Waals surface area contributed by atoms with Crippen molar-refractivity contribution in [2.45, 2.75) is 6.42 Å². The van der Waals surface area contributed by atoms with Gasteiger partial charge in [0, 0.05) is 37.8 Å². The SMILES string of the molecule is Nc1nccnc1C(=O)NCCc1ncc[nH]1. The van der Waals surface area contributed by atoms with Gasteiger partial charge in [-0.05, 0) is 0 Å². The van der Waals surface area contributed by atoms with E-state index in [-0.39, 0.29) is 17.4 Å². The molecular formula is C10H12N6O. The highest BCUT2D eigenvalue weighted by Crippen LogP contribution is 2.01. The molecule has 7 heteroatoms. The minimum absolute atomic E-state index is 0.128. The fourth-order valence-corrected chi connectivity index (χ4v) is 1.34. The molecule has 7 nitrogen and oxygen atoms in total. The van der Waals surface area contributed by atoms with Gasteiger partial charge in [0.1, 0.15) is 5.82 Å². The first-order valence-corrected chi connectivity index (χ1v) is 5.10. The van der Waals surface area contributed by atoms with Crippen LogP contribution in [0, 0.1) is 0 Å². The molecule has 0 aliphatic carbocycles. The second-order valence-corrected chi connectivity index (χ2v) is 3.33. The summed E-state index contributed by atoms with van der Waals surface area (Å²) in [6.07, 6.45) is 6.89. The van der Waals surface area contributed by atoms with Crippen LogP contribution in [0.1, 0.15) is 16.3 Å². The number of nitrogens with zero attached hydrogens (tertiary/aromatic N) is 3. The number of nitrogens with two attached hydrogens (primary N) is 1. The molecule has 0 aliphatic heterocycles. The fourth-order valence-electron chi connectivity index (χ4n) is 1.34. The fraction of sp³-hybridized carbons (Fsp3) is 0.200. The third-order valence-electron chi connectivity index (χ3n) is 2.14. The topological polar surface area (TPSA) is 110 Å². The van der Waals surface area contributed by atoms with Gasteiger partial charge in [-0.25, -0.2) is 15.0 Å². The Morgan fingerprint density at radius 1 is 1.29 bits per heavy atom. The number of hydrogen-bond acceptors (Lipinski definition) is 5. The molecule has 1 amide bonds. The molecule has 0 saturated heterocycles. The third-order valence-corrected chi connectivity index (χ3v) is 2.14. The molecular weight excluding hydrogens is 220 g/mol. The van der Waals surface area contributed by atoms with E-state index in [1.807, 2.05) is 0 Å². The van der Waals surface area contributed by atoms with Gasteiger partial charge in [0.2, 0.25) is 0 Å². The van der Waals surface area contributed by atoms with Crippen molar-refractivity contribution in [2.75, 3.05) is 12.3 Å². The van der Waals surface area contributed by atoms with Crippen molar-refractivity contribution in [3.05, 3.63) is 36.3 Å². The smallest absolute Gasteiger partial charge is 0.273 e. The first-order chi connectivity index (χ1) is 8.27. The summed E-state index contributed by atoms with van der Waals surface area (Å²) in [5, 5.41) is 2.70. The van der Waals surface area contributed by atoms with Gasteiger partial charge in [0.05, 0.1) is 0 Å². The zero-order valence-corrected chi connectivity index (χ0v) is 9.05. The lowest BCUT2D eigenvalue weighted by atomic mass is 10.3. The number of rotatable bonds is 4. The van der Waals surface area contributed by atoms with Crippen molar-refractivity contribution in [1.29, 1.82) is 0 Å². The lowest BCUT2D eigenvalue weighted by molar-refractivity contribution is 0.0949. The predicted octanol–water partition coefficient (Wildman–Crippen LogP) is -0.246. The van der Waals surface area contributed by atoms with Gasteiger partial charge in [-0.15, -0.1) is 0 Å². The van der Waals surface area contributed by atoms with E-state index in [0.717, 1.165) is 5.82 Å². The van der Waals surface area contributed by atoms with Crippen LogP contribution in [-0.4, -0.2) is 32.4 Å². The van der Waals surface area contributed by atoms with Gasteiger partial charge in [-0.3, -0.25) is 4.79 Å². The summed E-state index contributed by atoms with van der Waals surface area (Å²) in [6, 6.07) is 0. The Kier molecular flexibility index (Phi) is 3.29. The number of imidazole rings is 1. The average molecular weight is 232 g/mol. The van der Waals surface area contributed by atoms with Crippen molar-refractivity contribution in [1.82, 2.24) is 25.3 Å². The molecule has 2 aromatic rings. The molecule has 0 radical (unpaired) electrons. The standard InChI is InChI=1S/C10H12N6O/c11-9-8(14-5-6-15-9)10(17)16-2-1-7-12-3-4-13-7/h3-6H,1-2H2,(H2,11,15)(H,12,13)(H,16,17). The first-order valence-electron chi connectivity index (χ1n) is 5.10. The number of aromatic nitrogens is 4. The van der Waals surface area contributed by atoms with Crippen LogP contribution in [0.15, 0.2) is 24.8 Å². The zero-order chi connectivity index (χ0) is 12.1. The molecule has 4 N–H and O–H groups in total. The lowest BCUT2D eigenvalue weighted by Gasteiger charge is -2.04. The van der Waals surface area contributed by atoms with Crippen molar-refractivity contribution in [3.8, 4) is 0 Å². The second-order valence-electron chi connectivity index (χ2n) is 3.33. The average Bonchev–Trinajstić information content (AvgIpc) is 2.82. The molecule has 2 rings (SSSR count). The van der Waals surface area contributed by atoms with E-state index in [9.17, 15) is 4.79 Å². The molecule has 0 aliphatic rings. The summed E-state index contributed by atoms with van der Waals surface area (Å²) < 4.78 is 0. The van der Waals surface area contributed by atoms with Gasteiger partial charge >= 0.3 is 0 Å². The Labute approximate surface area is 97.5 Å². The number of anilines is 1. The maximum absolute atomic E-state index is 11.7. The second kappa shape index (κ2) is 5.06. The largest absolute Gasteiger partial charge is 0.382 e. The van der Waals surface area contributed by atoms with Crippen molar-refractivity contribution in [2.24, 2.45) is 0 Å². The van der Waals surface area contributed by atoms with Gasteiger partial charge < -0.3 is 16.0 Å². The normalized spacial score (nSPS) is 10.1. The van der Waals surface area contributed by atoms with Gasteiger partial charge in [-0.2, -0.15) is 0 Å². The van der Waals surface area contributed by atoms with Crippen LogP contribution in [0.4, 0.5) is 5.82 Å².